The molecule has 0 aliphatic carbocycles. The second kappa shape index (κ2) is 11.4. The molecule has 12 heteroatoms. The van der Waals surface area contributed by atoms with Crippen molar-refractivity contribution in [2.24, 2.45) is 0 Å². The molecule has 0 saturated carbocycles. The number of benzene rings is 3. The van der Waals surface area contributed by atoms with Crippen molar-refractivity contribution in [3.05, 3.63) is 97.4 Å². The highest BCUT2D eigenvalue weighted by molar-refractivity contribution is 8.18. The maximum Gasteiger partial charge on any atom is 0.343 e. The molecule has 0 unspecified atom stereocenters. The van der Waals surface area contributed by atoms with Crippen LogP contribution in [0.2, 0.25) is 5.02 Å². The molecule has 0 N–H and O–H groups in total. The molecule has 38 heavy (non-hydrogen) atoms. The van der Waals surface area contributed by atoms with Crippen LogP contribution in [0, 0.1) is 10.1 Å². The molecule has 3 aromatic carbocycles. The molecule has 0 atom stereocenters. The first-order chi connectivity index (χ1) is 18.2. The minimum absolute atomic E-state index is 0.0170. The number of nitrogens with zero attached hydrogens (tertiary/aromatic N) is 2. The summed E-state index contributed by atoms with van der Waals surface area (Å²) in [5, 5.41) is 10.8. The number of para-hydroxylation sites is 1. The molecule has 1 aliphatic rings. The Morgan fingerprint density at radius 2 is 1.79 bits per heavy atom. The smallest absolute Gasteiger partial charge is 0.343 e. The average Bonchev–Trinajstić information content (AvgIpc) is 3.17. The number of carbonyl (C=O) groups excluding carboxylic acids is 3. The van der Waals surface area contributed by atoms with Crippen LogP contribution < -0.4 is 14.2 Å². The minimum atomic E-state index is -0.670. The zero-order chi connectivity index (χ0) is 27.4. The number of halogens is 1. The van der Waals surface area contributed by atoms with Crippen molar-refractivity contribution in [2.45, 2.75) is 6.54 Å². The van der Waals surface area contributed by atoms with E-state index in [4.69, 9.17) is 25.8 Å². The highest BCUT2D eigenvalue weighted by Gasteiger charge is 2.36. The van der Waals surface area contributed by atoms with Crippen LogP contribution in [0.5, 0.6) is 17.2 Å². The van der Waals surface area contributed by atoms with Crippen LogP contribution in [0.3, 0.4) is 0 Å². The van der Waals surface area contributed by atoms with E-state index in [2.05, 4.69) is 0 Å². The number of amides is 2. The summed E-state index contributed by atoms with van der Waals surface area (Å²) in [5.74, 6) is -0.589. The van der Waals surface area contributed by atoms with E-state index in [9.17, 15) is 24.5 Å². The van der Waals surface area contributed by atoms with Gasteiger partial charge in [0.15, 0.2) is 11.5 Å². The van der Waals surface area contributed by atoms with Crippen LogP contribution in [-0.4, -0.2) is 41.2 Å². The van der Waals surface area contributed by atoms with Gasteiger partial charge in [0.2, 0.25) is 0 Å². The maximum absolute atomic E-state index is 13.0. The van der Waals surface area contributed by atoms with Gasteiger partial charge in [-0.2, -0.15) is 0 Å². The third kappa shape index (κ3) is 5.63. The fourth-order valence-corrected chi connectivity index (χ4v) is 4.68. The Kier molecular flexibility index (Phi) is 7.99. The Morgan fingerprint density at radius 3 is 2.45 bits per heavy atom. The van der Waals surface area contributed by atoms with Gasteiger partial charge in [0.05, 0.1) is 41.2 Å². The summed E-state index contributed by atoms with van der Waals surface area (Å²) >= 11 is 7.08. The third-order valence-corrected chi connectivity index (χ3v) is 6.65. The largest absolute Gasteiger partial charge is 0.497 e. The number of nitro groups is 1. The molecule has 1 aliphatic heterocycles. The number of carbonyl (C=O) groups is 3. The topological polar surface area (TPSA) is 125 Å². The van der Waals surface area contributed by atoms with Gasteiger partial charge in [0.1, 0.15) is 5.75 Å². The summed E-state index contributed by atoms with van der Waals surface area (Å²) < 4.78 is 15.9. The molecule has 2 amide bonds. The first-order valence-corrected chi connectivity index (χ1v) is 12.1. The lowest BCUT2D eigenvalue weighted by molar-refractivity contribution is -0.385. The van der Waals surface area contributed by atoms with Gasteiger partial charge >= 0.3 is 5.97 Å². The van der Waals surface area contributed by atoms with Crippen LogP contribution in [0.15, 0.2) is 65.6 Å². The van der Waals surface area contributed by atoms with Crippen LogP contribution >= 0.6 is 23.4 Å². The van der Waals surface area contributed by atoms with E-state index >= 15 is 0 Å². The summed E-state index contributed by atoms with van der Waals surface area (Å²) in [6, 6.07) is 15.1. The summed E-state index contributed by atoms with van der Waals surface area (Å²) in [6.45, 7) is -0.247. The van der Waals surface area contributed by atoms with E-state index in [0.717, 1.165) is 4.90 Å². The molecule has 0 bridgehead atoms. The Balaban J connectivity index is 1.56. The predicted molar refractivity (Wildman–Crippen MR) is 141 cm³/mol. The van der Waals surface area contributed by atoms with Gasteiger partial charge in [-0.05, 0) is 59.8 Å². The quantitative estimate of drug-likeness (QED) is 0.113. The van der Waals surface area contributed by atoms with Crippen molar-refractivity contribution < 1.29 is 33.5 Å². The van der Waals surface area contributed by atoms with Crippen molar-refractivity contribution in [1.82, 2.24) is 4.90 Å². The van der Waals surface area contributed by atoms with Gasteiger partial charge in [-0.15, -0.1) is 0 Å². The Hall–Kier alpha value is -4.35. The molecule has 0 spiro atoms. The lowest BCUT2D eigenvalue weighted by Crippen LogP contribution is -2.27. The fourth-order valence-electron chi connectivity index (χ4n) is 3.58. The molecular formula is C26H19ClN2O8S. The number of imide groups is 1. The van der Waals surface area contributed by atoms with Crippen LogP contribution in [0.25, 0.3) is 6.08 Å². The maximum atomic E-state index is 13.0. The van der Waals surface area contributed by atoms with E-state index in [1.807, 2.05) is 0 Å². The molecule has 0 aromatic heterocycles. The molecule has 1 heterocycles. The molecule has 4 rings (SSSR count). The summed E-state index contributed by atoms with van der Waals surface area (Å²) in [7, 11) is 2.87. The summed E-state index contributed by atoms with van der Waals surface area (Å²) in [5.41, 5.74) is 0.716. The number of hydrogen-bond donors (Lipinski definition) is 0. The molecule has 0 radical (unpaired) electrons. The lowest BCUT2D eigenvalue weighted by atomic mass is 10.1. The standard InChI is InChI=1S/C26H19ClN2O8S/c1-35-18-9-7-16(8-10-18)25(31)37-23-19(27)11-15(12-21(23)36-2)13-22-24(30)28(26(32)38-22)14-17-5-3-4-6-20(17)29(33)34/h3-13H,14H2,1-2H3/b22-13-. The number of esters is 1. The zero-order valence-corrected chi connectivity index (χ0v) is 21.6. The predicted octanol–water partition coefficient (Wildman–Crippen LogP) is 5.72. The Labute approximate surface area is 225 Å². The normalized spacial score (nSPS) is 14.1. The molecule has 3 aromatic rings. The van der Waals surface area contributed by atoms with Crippen LogP contribution in [0.4, 0.5) is 10.5 Å². The highest BCUT2D eigenvalue weighted by Crippen LogP contribution is 2.40. The van der Waals surface area contributed by atoms with Gasteiger partial charge in [0.25, 0.3) is 16.8 Å². The molecule has 194 valence electrons. The van der Waals surface area contributed by atoms with Crippen LogP contribution in [0.1, 0.15) is 21.5 Å². The number of thioether (sulfide) groups is 1. The average molecular weight is 555 g/mol. The Bertz CT molecular complexity index is 1470. The van der Waals surface area contributed by atoms with Gasteiger partial charge in [-0.3, -0.25) is 24.6 Å². The lowest BCUT2D eigenvalue weighted by Gasteiger charge is -2.13. The molecule has 1 saturated heterocycles. The van der Waals surface area contributed by atoms with Crippen molar-refractivity contribution in [1.29, 1.82) is 0 Å². The first kappa shape index (κ1) is 26.7. The van der Waals surface area contributed by atoms with Gasteiger partial charge in [-0.1, -0.05) is 29.8 Å². The Morgan fingerprint density at radius 1 is 1.08 bits per heavy atom. The molecule has 10 nitrogen and oxygen atoms in total. The molecular weight excluding hydrogens is 536 g/mol. The van der Waals surface area contributed by atoms with E-state index < -0.39 is 22.0 Å². The van der Waals surface area contributed by atoms with Crippen LogP contribution in [-0.2, 0) is 11.3 Å². The minimum Gasteiger partial charge on any atom is -0.497 e. The van der Waals surface area contributed by atoms with E-state index in [1.54, 1.807) is 18.2 Å². The van der Waals surface area contributed by atoms with Crippen molar-refractivity contribution in [3.8, 4) is 17.2 Å². The second-order valence-electron chi connectivity index (χ2n) is 7.81. The first-order valence-electron chi connectivity index (χ1n) is 10.9. The van der Waals surface area contributed by atoms with Gasteiger partial charge < -0.3 is 14.2 Å². The number of nitro benzene ring substituents is 1. The van der Waals surface area contributed by atoms with E-state index in [1.165, 1.54) is 62.8 Å². The van der Waals surface area contributed by atoms with Crippen molar-refractivity contribution in [2.75, 3.05) is 14.2 Å². The summed E-state index contributed by atoms with van der Waals surface area (Å²) in [6.07, 6.45) is 1.44. The monoisotopic (exact) mass is 554 g/mol. The summed E-state index contributed by atoms with van der Waals surface area (Å²) in [4.78, 5) is 49.9. The number of ether oxygens (including phenoxy) is 3. The van der Waals surface area contributed by atoms with Crippen molar-refractivity contribution >= 4 is 52.2 Å². The molecule has 1 fully saturated rings. The van der Waals surface area contributed by atoms with Gasteiger partial charge in [0, 0.05) is 11.6 Å². The number of methoxy groups -OCH3 is 2. The SMILES string of the molecule is COc1ccc(C(=O)Oc2c(Cl)cc(/C=C3\SC(=O)N(Cc4ccccc4[N+](=O)[O-])C3=O)cc2OC)cc1. The van der Waals surface area contributed by atoms with Crippen molar-refractivity contribution in [3.63, 3.8) is 0 Å². The zero-order valence-electron chi connectivity index (χ0n) is 20.0. The highest BCUT2D eigenvalue weighted by atomic mass is 35.5. The second-order valence-corrected chi connectivity index (χ2v) is 9.21. The fraction of sp³-hybridized carbons (Fsp3) is 0.115. The third-order valence-electron chi connectivity index (χ3n) is 5.46. The van der Waals surface area contributed by atoms with Gasteiger partial charge in [-0.25, -0.2) is 4.79 Å². The van der Waals surface area contributed by atoms with E-state index in [-0.39, 0.29) is 44.8 Å². The number of rotatable bonds is 8. The van der Waals surface area contributed by atoms with E-state index in [0.29, 0.717) is 23.1 Å². The number of hydrogen-bond acceptors (Lipinski definition) is 9.